The molecule has 4 aliphatic rings. The van der Waals surface area contributed by atoms with E-state index in [1.165, 1.54) is 130 Å². The zero-order valence-corrected chi connectivity index (χ0v) is 38.6. The molecule has 0 spiro atoms. The van der Waals surface area contributed by atoms with Crippen molar-refractivity contribution in [3.05, 3.63) is 130 Å². The molecule has 2 heterocycles. The highest BCUT2D eigenvalue weighted by atomic mass is 79.9. The molecule has 0 saturated carbocycles. The standard InChI is InChI=1S/C25H35N2.C24H32N2.CH3Br.BrH/c1-20-8-4-7-11-25(20)26(15-12-21-13-16-27(2,3)17-14-21)24-18-22-9-5-6-10-23(22)19-24;1-19-7-3-6-10-24(19)26(16-13-20-11-14-25(2)15-12-20)23-17-21-8-4-5-9-22(21)18-23;1-2;/h4-11,21,24H,12-19H2,1-3H3;3-10,20,23H,11-18H2,1-2H3;1H3;1H/q+1;;;/p-1. The van der Waals surface area contributed by atoms with Crippen LogP contribution in [0.15, 0.2) is 97.1 Å². The summed E-state index contributed by atoms with van der Waals surface area (Å²) < 4.78 is 1.20. The van der Waals surface area contributed by atoms with Crippen LogP contribution in [0.1, 0.15) is 71.9 Å². The Labute approximate surface area is 360 Å². The number of piperidine rings is 2. The number of aryl methyl sites for hydroxylation is 2. The van der Waals surface area contributed by atoms with E-state index < -0.39 is 0 Å². The Morgan fingerprint density at radius 3 is 1.27 bits per heavy atom. The molecular formula is C50H70Br2N4. The molecule has 6 heteroatoms. The van der Waals surface area contributed by atoms with Gasteiger partial charge in [-0.3, -0.25) is 0 Å². The van der Waals surface area contributed by atoms with E-state index in [1.807, 2.05) is 5.83 Å². The number of hydrogen-bond acceptors (Lipinski definition) is 3. The monoisotopic (exact) mass is 884 g/mol. The second kappa shape index (κ2) is 21.4. The predicted octanol–water partition coefficient (Wildman–Crippen LogP) is 7.56. The van der Waals surface area contributed by atoms with Gasteiger partial charge in [0.05, 0.1) is 27.2 Å². The number of fused-ring (bicyclic) bond motifs is 2. The van der Waals surface area contributed by atoms with Gasteiger partial charge in [0.2, 0.25) is 0 Å². The summed E-state index contributed by atoms with van der Waals surface area (Å²) in [7, 11) is 7.02. The van der Waals surface area contributed by atoms with Crippen molar-refractivity contribution < 1.29 is 21.5 Å². The van der Waals surface area contributed by atoms with Crippen LogP contribution in [0.3, 0.4) is 0 Å². The van der Waals surface area contributed by atoms with Crippen LogP contribution < -0.4 is 26.8 Å². The van der Waals surface area contributed by atoms with Gasteiger partial charge in [-0.1, -0.05) is 101 Å². The molecule has 2 aliphatic carbocycles. The molecule has 56 heavy (non-hydrogen) atoms. The maximum Gasteiger partial charge on any atom is 0.0785 e. The lowest BCUT2D eigenvalue weighted by molar-refractivity contribution is -0.896. The number of hydrogen-bond donors (Lipinski definition) is 0. The van der Waals surface area contributed by atoms with E-state index in [-0.39, 0.29) is 17.0 Å². The molecule has 0 unspecified atom stereocenters. The third kappa shape index (κ3) is 11.7. The molecule has 4 aromatic rings. The molecule has 2 saturated heterocycles. The molecule has 0 atom stereocenters. The Hall–Kier alpha value is -2.64. The summed E-state index contributed by atoms with van der Waals surface area (Å²) in [6.45, 7) is 12.1. The van der Waals surface area contributed by atoms with Crippen molar-refractivity contribution >= 4 is 27.3 Å². The average Bonchev–Trinajstić information content (AvgIpc) is 3.83. The van der Waals surface area contributed by atoms with Crippen molar-refractivity contribution in [2.24, 2.45) is 11.8 Å². The minimum atomic E-state index is 0. The van der Waals surface area contributed by atoms with Crippen molar-refractivity contribution in [3.63, 3.8) is 0 Å². The number of rotatable bonds is 10. The van der Waals surface area contributed by atoms with Gasteiger partial charge in [-0.05, 0) is 161 Å². The van der Waals surface area contributed by atoms with Crippen molar-refractivity contribution in [3.8, 4) is 0 Å². The number of likely N-dealkylation sites (tertiary alicyclic amines) is 2. The van der Waals surface area contributed by atoms with E-state index in [2.05, 4.69) is 163 Å². The quantitative estimate of drug-likeness (QED) is 0.120. The van der Waals surface area contributed by atoms with Crippen LogP contribution >= 0.6 is 15.9 Å². The van der Waals surface area contributed by atoms with Crippen LogP contribution in [0.4, 0.5) is 11.4 Å². The van der Waals surface area contributed by atoms with Crippen LogP contribution in [-0.4, -0.2) is 87.7 Å². The molecule has 0 amide bonds. The maximum absolute atomic E-state index is 2.94. The summed E-state index contributed by atoms with van der Waals surface area (Å²) in [6.07, 6.45) is 12.9. The number of alkyl halides is 1. The second-order valence-corrected chi connectivity index (χ2v) is 17.8. The van der Waals surface area contributed by atoms with Gasteiger partial charge in [0, 0.05) is 36.5 Å². The molecule has 4 nitrogen and oxygen atoms in total. The fraction of sp³-hybridized carbons (Fsp3) is 0.520. The lowest BCUT2D eigenvalue weighted by atomic mass is 9.92. The number of quaternary nitrogens is 1. The summed E-state index contributed by atoms with van der Waals surface area (Å²) in [5.41, 5.74) is 11.9. The molecule has 0 radical (unpaired) electrons. The van der Waals surface area contributed by atoms with E-state index in [0.29, 0.717) is 12.1 Å². The minimum absolute atomic E-state index is 0. The highest BCUT2D eigenvalue weighted by Crippen LogP contribution is 2.34. The lowest BCUT2D eigenvalue weighted by Crippen LogP contribution is -3.00. The van der Waals surface area contributed by atoms with Crippen molar-refractivity contribution in [1.29, 1.82) is 0 Å². The largest absolute Gasteiger partial charge is 1.00 e. The highest BCUT2D eigenvalue weighted by molar-refractivity contribution is 9.08. The van der Waals surface area contributed by atoms with Gasteiger partial charge in [-0.15, -0.1) is 0 Å². The average molecular weight is 887 g/mol. The summed E-state index contributed by atoms with van der Waals surface area (Å²) in [5, 5.41) is 0. The van der Waals surface area contributed by atoms with Crippen LogP contribution in [0.5, 0.6) is 0 Å². The number of anilines is 2. The molecule has 2 aliphatic heterocycles. The summed E-state index contributed by atoms with van der Waals surface area (Å²) >= 11 is 2.94. The first-order valence-corrected chi connectivity index (χ1v) is 23.0. The molecule has 0 aromatic heterocycles. The van der Waals surface area contributed by atoms with Gasteiger partial charge in [-0.2, -0.15) is 0 Å². The smallest absolute Gasteiger partial charge is 0.0785 e. The van der Waals surface area contributed by atoms with Crippen LogP contribution in [0.25, 0.3) is 0 Å². The first kappa shape index (κ1) is 44.5. The van der Waals surface area contributed by atoms with Crippen LogP contribution in [0.2, 0.25) is 0 Å². The number of nitrogens with zero attached hydrogens (tertiary/aromatic N) is 4. The third-order valence-corrected chi connectivity index (χ3v) is 13.5. The zero-order chi connectivity index (χ0) is 38.8. The second-order valence-electron chi connectivity index (χ2n) is 17.8. The van der Waals surface area contributed by atoms with Crippen LogP contribution in [-0.2, 0) is 25.7 Å². The van der Waals surface area contributed by atoms with Gasteiger partial charge < -0.3 is 36.2 Å². The van der Waals surface area contributed by atoms with Gasteiger partial charge in [0.1, 0.15) is 0 Å². The fourth-order valence-electron chi connectivity index (χ4n) is 9.89. The maximum atomic E-state index is 2.94. The Bertz CT molecular complexity index is 1720. The molecule has 0 bridgehead atoms. The molecule has 0 N–H and O–H groups in total. The summed E-state index contributed by atoms with van der Waals surface area (Å²) in [5.74, 6) is 3.60. The first-order valence-electron chi connectivity index (χ1n) is 21.4. The van der Waals surface area contributed by atoms with Crippen molar-refractivity contribution in [2.45, 2.75) is 90.1 Å². The van der Waals surface area contributed by atoms with Gasteiger partial charge in [0.25, 0.3) is 0 Å². The molecular weight excluding hydrogens is 816 g/mol. The van der Waals surface area contributed by atoms with E-state index in [0.717, 1.165) is 11.8 Å². The van der Waals surface area contributed by atoms with E-state index in [9.17, 15) is 0 Å². The zero-order valence-electron chi connectivity index (χ0n) is 35.4. The van der Waals surface area contributed by atoms with Gasteiger partial charge in [0.15, 0.2) is 0 Å². The molecule has 304 valence electrons. The summed E-state index contributed by atoms with van der Waals surface area (Å²) in [6, 6.07) is 37.2. The third-order valence-electron chi connectivity index (χ3n) is 13.5. The Balaban J connectivity index is 0.000000202. The molecule has 8 rings (SSSR count). The Morgan fingerprint density at radius 2 is 0.893 bits per heavy atom. The van der Waals surface area contributed by atoms with Gasteiger partial charge in [-0.25, -0.2) is 0 Å². The molecule has 2 fully saturated rings. The van der Waals surface area contributed by atoms with Crippen molar-refractivity contribution in [2.75, 3.05) is 76.0 Å². The van der Waals surface area contributed by atoms with E-state index in [4.69, 9.17) is 0 Å². The Kier molecular flexibility index (Phi) is 17.0. The molecule has 4 aromatic carbocycles. The topological polar surface area (TPSA) is 9.72 Å². The van der Waals surface area contributed by atoms with Gasteiger partial charge >= 0.3 is 0 Å². The summed E-state index contributed by atoms with van der Waals surface area (Å²) in [4.78, 5) is 7.95. The number of halogens is 2. The minimum Gasteiger partial charge on any atom is -1.00 e. The Morgan fingerprint density at radius 1 is 0.554 bits per heavy atom. The SMILES string of the molecule is CBr.Cc1ccccc1N(CCC1CCN(C)CC1)C1Cc2ccccc2C1.Cc1ccccc1N(CCC1CC[N+](C)(C)CC1)C1Cc2ccccc2C1.[Br-]. The normalized spacial score (nSPS) is 18.4. The fourth-order valence-corrected chi connectivity index (χ4v) is 9.89. The van der Waals surface area contributed by atoms with Crippen molar-refractivity contribution in [1.82, 2.24) is 4.90 Å². The number of benzene rings is 4. The highest BCUT2D eigenvalue weighted by Gasteiger charge is 2.31. The predicted molar refractivity (Wildman–Crippen MR) is 241 cm³/mol. The van der Waals surface area contributed by atoms with E-state index >= 15 is 0 Å². The number of para-hydroxylation sites is 2. The van der Waals surface area contributed by atoms with E-state index in [1.54, 1.807) is 22.3 Å². The lowest BCUT2D eigenvalue weighted by Gasteiger charge is -2.39. The first-order chi connectivity index (χ1) is 26.7. The van der Waals surface area contributed by atoms with Crippen LogP contribution in [0, 0.1) is 25.7 Å².